The largest absolute Gasteiger partial charge is 0.353 e. The van der Waals surface area contributed by atoms with Gasteiger partial charge >= 0.3 is 0 Å². The summed E-state index contributed by atoms with van der Waals surface area (Å²) in [7, 11) is 0. The highest BCUT2D eigenvalue weighted by Gasteiger charge is 2.32. The van der Waals surface area contributed by atoms with Crippen LogP contribution in [0.3, 0.4) is 0 Å². The molecule has 1 aliphatic carbocycles. The monoisotopic (exact) mass is 259 g/mol. The van der Waals surface area contributed by atoms with Gasteiger partial charge in [-0.2, -0.15) is 0 Å². The molecule has 1 unspecified atom stereocenters. The zero-order valence-electron chi connectivity index (χ0n) is 10.5. The van der Waals surface area contributed by atoms with Crippen molar-refractivity contribution in [1.82, 2.24) is 10.2 Å². The van der Waals surface area contributed by atoms with Crippen LogP contribution in [0.2, 0.25) is 0 Å². The van der Waals surface area contributed by atoms with Gasteiger partial charge in [0.05, 0.1) is 6.04 Å². The number of hydrogen-bond acceptors (Lipinski definition) is 4. The maximum absolute atomic E-state index is 4.22. The lowest BCUT2D eigenvalue weighted by atomic mass is 10.0. The van der Waals surface area contributed by atoms with Gasteiger partial charge in [-0.3, -0.25) is 0 Å². The van der Waals surface area contributed by atoms with E-state index in [1.807, 2.05) is 0 Å². The number of nitrogens with zero attached hydrogens (tertiary/aromatic N) is 2. The van der Waals surface area contributed by atoms with Gasteiger partial charge < -0.3 is 5.32 Å². The van der Waals surface area contributed by atoms with Crippen LogP contribution in [0.5, 0.6) is 0 Å². The number of rotatable bonds is 5. The fourth-order valence-electron chi connectivity index (χ4n) is 2.15. The van der Waals surface area contributed by atoms with Gasteiger partial charge in [-0.1, -0.05) is 48.6 Å². The second kappa shape index (κ2) is 5.06. The van der Waals surface area contributed by atoms with Crippen LogP contribution in [0.15, 0.2) is 30.3 Å². The Morgan fingerprint density at radius 3 is 2.67 bits per heavy atom. The normalized spacial score (nSPS) is 16.5. The average Bonchev–Trinajstić information content (AvgIpc) is 3.16. The lowest BCUT2D eigenvalue weighted by Crippen LogP contribution is -2.12. The van der Waals surface area contributed by atoms with Crippen molar-refractivity contribution in [2.75, 3.05) is 5.32 Å². The molecule has 1 aliphatic rings. The molecule has 1 aromatic carbocycles. The molecule has 1 fully saturated rings. The second-order valence-corrected chi connectivity index (χ2v) is 5.79. The standard InChI is InChI=1S/C14H17N3S/c1-2-12-16-17-14(18-12)15-13(11-8-9-11)10-6-4-3-5-7-10/h3-7,11,13H,2,8-9H2,1H3,(H,15,17). The summed E-state index contributed by atoms with van der Waals surface area (Å²) < 4.78 is 0. The van der Waals surface area contributed by atoms with Crippen molar-refractivity contribution in [1.29, 1.82) is 0 Å². The minimum absolute atomic E-state index is 0.392. The van der Waals surface area contributed by atoms with Crippen LogP contribution in [0.1, 0.15) is 36.4 Å². The molecule has 0 saturated heterocycles. The number of aromatic nitrogens is 2. The highest BCUT2D eigenvalue weighted by Crippen LogP contribution is 2.43. The van der Waals surface area contributed by atoms with Crippen LogP contribution < -0.4 is 5.32 Å². The molecule has 0 spiro atoms. The van der Waals surface area contributed by atoms with E-state index in [-0.39, 0.29) is 0 Å². The predicted molar refractivity (Wildman–Crippen MR) is 74.8 cm³/mol. The number of benzene rings is 1. The highest BCUT2D eigenvalue weighted by molar-refractivity contribution is 7.15. The van der Waals surface area contributed by atoms with E-state index in [1.54, 1.807) is 11.3 Å². The van der Waals surface area contributed by atoms with E-state index < -0.39 is 0 Å². The fraction of sp³-hybridized carbons (Fsp3) is 0.429. The molecule has 1 saturated carbocycles. The first-order valence-corrected chi connectivity index (χ1v) is 7.32. The first-order valence-electron chi connectivity index (χ1n) is 6.50. The maximum atomic E-state index is 4.22. The third-order valence-electron chi connectivity index (χ3n) is 3.30. The number of anilines is 1. The van der Waals surface area contributed by atoms with E-state index in [4.69, 9.17) is 0 Å². The van der Waals surface area contributed by atoms with E-state index in [0.717, 1.165) is 22.5 Å². The molecule has 0 bridgehead atoms. The molecule has 1 heterocycles. The molecule has 0 amide bonds. The summed E-state index contributed by atoms with van der Waals surface area (Å²) in [5, 5.41) is 14.0. The van der Waals surface area contributed by atoms with Crippen molar-refractivity contribution in [3.63, 3.8) is 0 Å². The molecule has 1 aromatic heterocycles. The predicted octanol–water partition coefficient (Wildman–Crippen LogP) is 3.66. The molecular formula is C14H17N3S. The molecule has 4 heteroatoms. The van der Waals surface area contributed by atoms with Crippen LogP contribution in [0.25, 0.3) is 0 Å². The summed E-state index contributed by atoms with van der Waals surface area (Å²) in [5.41, 5.74) is 1.35. The summed E-state index contributed by atoms with van der Waals surface area (Å²) in [6, 6.07) is 11.0. The van der Waals surface area contributed by atoms with Crippen molar-refractivity contribution in [3.8, 4) is 0 Å². The van der Waals surface area contributed by atoms with Crippen molar-refractivity contribution < 1.29 is 0 Å². The van der Waals surface area contributed by atoms with Crippen LogP contribution in [-0.2, 0) is 6.42 Å². The van der Waals surface area contributed by atoms with Crippen LogP contribution in [0.4, 0.5) is 5.13 Å². The minimum Gasteiger partial charge on any atom is -0.353 e. The lowest BCUT2D eigenvalue weighted by molar-refractivity contribution is 0.676. The smallest absolute Gasteiger partial charge is 0.206 e. The van der Waals surface area contributed by atoms with Crippen molar-refractivity contribution in [2.24, 2.45) is 5.92 Å². The molecule has 3 rings (SSSR count). The highest BCUT2D eigenvalue weighted by atomic mass is 32.1. The molecule has 0 aliphatic heterocycles. The van der Waals surface area contributed by atoms with E-state index in [9.17, 15) is 0 Å². The molecule has 3 nitrogen and oxygen atoms in total. The Labute approximate surface area is 111 Å². The van der Waals surface area contributed by atoms with Gasteiger partial charge in [0.25, 0.3) is 0 Å². The first kappa shape index (κ1) is 11.7. The van der Waals surface area contributed by atoms with Crippen molar-refractivity contribution in [2.45, 2.75) is 32.2 Å². The third-order valence-corrected chi connectivity index (χ3v) is 4.30. The van der Waals surface area contributed by atoms with Gasteiger partial charge in [0.15, 0.2) is 0 Å². The number of aryl methyl sites for hydroxylation is 1. The zero-order valence-corrected chi connectivity index (χ0v) is 11.3. The molecule has 2 aromatic rings. The molecule has 18 heavy (non-hydrogen) atoms. The summed E-state index contributed by atoms with van der Waals surface area (Å²) >= 11 is 1.67. The Morgan fingerprint density at radius 2 is 2.06 bits per heavy atom. The van der Waals surface area contributed by atoms with Gasteiger partial charge in [-0.25, -0.2) is 0 Å². The summed E-state index contributed by atoms with van der Waals surface area (Å²) in [6.07, 6.45) is 3.58. The average molecular weight is 259 g/mol. The Kier molecular flexibility index (Phi) is 3.28. The van der Waals surface area contributed by atoms with Gasteiger partial charge in [-0.15, -0.1) is 10.2 Å². The van der Waals surface area contributed by atoms with Crippen molar-refractivity contribution >= 4 is 16.5 Å². The third kappa shape index (κ3) is 2.53. The van der Waals surface area contributed by atoms with Gasteiger partial charge in [0, 0.05) is 0 Å². The second-order valence-electron chi connectivity index (χ2n) is 4.72. The fourth-order valence-corrected chi connectivity index (χ4v) is 2.87. The molecule has 94 valence electrons. The summed E-state index contributed by atoms with van der Waals surface area (Å²) in [5.74, 6) is 0.751. The maximum Gasteiger partial charge on any atom is 0.206 e. The molecule has 1 atom stereocenters. The Balaban J connectivity index is 1.78. The lowest BCUT2D eigenvalue weighted by Gasteiger charge is -2.17. The van der Waals surface area contributed by atoms with Crippen LogP contribution in [0, 0.1) is 5.92 Å². The number of hydrogen-bond donors (Lipinski definition) is 1. The van der Waals surface area contributed by atoms with Crippen molar-refractivity contribution in [3.05, 3.63) is 40.9 Å². The van der Waals surface area contributed by atoms with E-state index in [2.05, 4.69) is 52.8 Å². The zero-order chi connectivity index (χ0) is 12.4. The topological polar surface area (TPSA) is 37.8 Å². The number of nitrogens with one attached hydrogen (secondary N) is 1. The summed E-state index contributed by atoms with van der Waals surface area (Å²) in [4.78, 5) is 0. The van der Waals surface area contributed by atoms with E-state index >= 15 is 0 Å². The Hall–Kier alpha value is -1.42. The quantitative estimate of drug-likeness (QED) is 0.890. The van der Waals surface area contributed by atoms with E-state index in [1.165, 1.54) is 18.4 Å². The molecule has 0 radical (unpaired) electrons. The van der Waals surface area contributed by atoms with Gasteiger partial charge in [-0.05, 0) is 30.7 Å². The van der Waals surface area contributed by atoms with E-state index in [0.29, 0.717) is 6.04 Å². The van der Waals surface area contributed by atoms with Gasteiger partial charge in [0.1, 0.15) is 5.01 Å². The molecular weight excluding hydrogens is 242 g/mol. The SMILES string of the molecule is CCc1nnc(NC(c2ccccc2)C2CC2)s1. The van der Waals surface area contributed by atoms with Gasteiger partial charge in [0.2, 0.25) is 5.13 Å². The Morgan fingerprint density at radius 1 is 1.28 bits per heavy atom. The van der Waals surface area contributed by atoms with Crippen LogP contribution >= 0.6 is 11.3 Å². The summed E-state index contributed by atoms with van der Waals surface area (Å²) in [6.45, 7) is 2.11. The first-order chi connectivity index (χ1) is 8.86. The minimum atomic E-state index is 0.392. The molecule has 1 N–H and O–H groups in total. The van der Waals surface area contributed by atoms with Crippen LogP contribution in [-0.4, -0.2) is 10.2 Å². The Bertz CT molecular complexity index is 505.